The van der Waals surface area contributed by atoms with Crippen LogP contribution >= 0.6 is 0 Å². The van der Waals surface area contributed by atoms with Crippen molar-refractivity contribution in [3.05, 3.63) is 80.2 Å². The lowest BCUT2D eigenvalue weighted by Crippen LogP contribution is -2.42. The van der Waals surface area contributed by atoms with E-state index < -0.39 is 0 Å². The summed E-state index contributed by atoms with van der Waals surface area (Å²) >= 11 is 0. The highest BCUT2D eigenvalue weighted by molar-refractivity contribution is 5.78. The highest BCUT2D eigenvalue weighted by atomic mass is 19.1. The third-order valence-electron chi connectivity index (χ3n) is 5.72. The second-order valence-electron chi connectivity index (χ2n) is 7.87. The first kappa shape index (κ1) is 19.6. The molecule has 1 saturated heterocycles. The lowest BCUT2D eigenvalue weighted by Gasteiger charge is -2.27. The Morgan fingerprint density at radius 1 is 0.897 bits per heavy atom. The lowest BCUT2D eigenvalue weighted by molar-refractivity contribution is 0.220. The minimum Gasteiger partial charge on any atom is -0.302 e. The number of piperidine rings is 1. The third kappa shape index (κ3) is 4.17. The van der Waals surface area contributed by atoms with E-state index in [1.54, 1.807) is 16.7 Å². The maximum Gasteiger partial charge on any atom is 0.331 e. The molecule has 0 amide bonds. The molecule has 0 saturated carbocycles. The fourth-order valence-electron chi connectivity index (χ4n) is 4.09. The average molecular weight is 395 g/mol. The summed E-state index contributed by atoms with van der Waals surface area (Å²) in [7, 11) is 0. The van der Waals surface area contributed by atoms with Crippen LogP contribution in [0.5, 0.6) is 0 Å². The number of hydrogen-bond donors (Lipinski definition) is 0. The molecule has 4 rings (SSSR count). The van der Waals surface area contributed by atoms with Crippen molar-refractivity contribution in [2.75, 3.05) is 19.6 Å². The number of aryl methyl sites for hydroxylation is 1. The molecule has 0 radical (unpaired) electrons. The number of hydrogen-bond acceptors (Lipinski definition) is 3. The second-order valence-corrected chi connectivity index (χ2v) is 7.87. The fraction of sp³-hybridized carbons (Fsp3) is 0.391. The van der Waals surface area contributed by atoms with Gasteiger partial charge in [0.1, 0.15) is 5.82 Å². The van der Waals surface area contributed by atoms with Gasteiger partial charge in [-0.05, 0) is 62.7 Å². The first-order valence-electron chi connectivity index (χ1n) is 10.2. The van der Waals surface area contributed by atoms with E-state index in [-0.39, 0.29) is 23.6 Å². The van der Waals surface area contributed by atoms with Crippen molar-refractivity contribution in [1.29, 1.82) is 0 Å². The van der Waals surface area contributed by atoms with Gasteiger partial charge in [-0.25, -0.2) is 9.18 Å². The molecule has 2 aromatic carbocycles. The SMILES string of the molecule is Cc1ccc2c(c1)c(=O)n(Cc1ccc(F)cc1)c(=O)n2CCN1CCCCC1. The Morgan fingerprint density at radius 3 is 2.34 bits per heavy atom. The summed E-state index contributed by atoms with van der Waals surface area (Å²) in [6.45, 7) is 5.51. The fourth-order valence-corrected chi connectivity index (χ4v) is 4.09. The number of benzene rings is 2. The summed E-state index contributed by atoms with van der Waals surface area (Å²) in [5, 5.41) is 0.547. The van der Waals surface area contributed by atoms with Crippen LogP contribution in [0.15, 0.2) is 52.1 Å². The molecule has 5 nitrogen and oxygen atoms in total. The summed E-state index contributed by atoms with van der Waals surface area (Å²) in [6.07, 6.45) is 3.65. The zero-order chi connectivity index (χ0) is 20.4. The molecule has 6 heteroatoms. The van der Waals surface area contributed by atoms with Crippen LogP contribution in [-0.4, -0.2) is 33.7 Å². The van der Waals surface area contributed by atoms with Gasteiger partial charge in [-0.15, -0.1) is 0 Å². The number of likely N-dealkylation sites (tertiary alicyclic amines) is 1. The quantitative estimate of drug-likeness (QED) is 0.667. The van der Waals surface area contributed by atoms with Gasteiger partial charge in [-0.1, -0.05) is 30.2 Å². The molecule has 0 unspecified atom stereocenters. The highest BCUT2D eigenvalue weighted by Gasteiger charge is 2.16. The standard InChI is InChI=1S/C23H26FN3O2/c1-17-5-10-21-20(15-17)22(28)27(16-18-6-8-19(24)9-7-18)23(29)26(21)14-13-25-11-3-2-4-12-25/h5-10,15H,2-4,11-14,16H2,1H3. The van der Waals surface area contributed by atoms with E-state index in [0.29, 0.717) is 17.4 Å². The van der Waals surface area contributed by atoms with Crippen LogP contribution in [0.2, 0.25) is 0 Å². The molecular formula is C23H26FN3O2. The van der Waals surface area contributed by atoms with Crippen LogP contribution < -0.4 is 11.2 Å². The summed E-state index contributed by atoms with van der Waals surface area (Å²) in [5.74, 6) is -0.339. The average Bonchev–Trinajstić information content (AvgIpc) is 2.73. The van der Waals surface area contributed by atoms with Crippen molar-refractivity contribution < 1.29 is 4.39 Å². The van der Waals surface area contributed by atoms with E-state index in [0.717, 1.165) is 30.8 Å². The first-order chi connectivity index (χ1) is 14.0. The number of nitrogens with zero attached hydrogens (tertiary/aromatic N) is 3. The van der Waals surface area contributed by atoms with Crippen molar-refractivity contribution >= 4 is 10.9 Å². The van der Waals surface area contributed by atoms with Gasteiger partial charge in [0.15, 0.2) is 0 Å². The Kier molecular flexibility index (Phi) is 5.62. The molecule has 0 atom stereocenters. The van der Waals surface area contributed by atoms with Crippen LogP contribution in [0.3, 0.4) is 0 Å². The predicted octanol–water partition coefficient (Wildman–Crippen LogP) is 3.14. The van der Waals surface area contributed by atoms with Gasteiger partial charge in [0.05, 0.1) is 17.4 Å². The summed E-state index contributed by atoms with van der Waals surface area (Å²) in [4.78, 5) is 28.7. The van der Waals surface area contributed by atoms with Gasteiger partial charge >= 0.3 is 5.69 Å². The van der Waals surface area contributed by atoms with Crippen LogP contribution in [0.1, 0.15) is 30.4 Å². The van der Waals surface area contributed by atoms with E-state index in [4.69, 9.17) is 0 Å². The molecule has 0 aliphatic carbocycles. The van der Waals surface area contributed by atoms with Gasteiger partial charge in [0, 0.05) is 13.1 Å². The van der Waals surface area contributed by atoms with Crippen LogP contribution in [-0.2, 0) is 13.1 Å². The number of rotatable bonds is 5. The molecule has 3 aromatic rings. The Bertz CT molecular complexity index is 1130. The molecule has 1 aromatic heterocycles. The molecule has 2 heterocycles. The van der Waals surface area contributed by atoms with Crippen molar-refractivity contribution in [3.63, 3.8) is 0 Å². The molecule has 0 bridgehead atoms. The predicted molar refractivity (Wildman–Crippen MR) is 113 cm³/mol. The Morgan fingerprint density at radius 2 is 1.62 bits per heavy atom. The molecule has 1 aliphatic heterocycles. The van der Waals surface area contributed by atoms with Gasteiger partial charge in [0.2, 0.25) is 0 Å². The van der Waals surface area contributed by atoms with E-state index in [2.05, 4.69) is 4.90 Å². The number of fused-ring (bicyclic) bond motifs is 1. The van der Waals surface area contributed by atoms with Crippen LogP contribution in [0.4, 0.5) is 4.39 Å². The lowest BCUT2D eigenvalue weighted by atomic mass is 10.1. The smallest absolute Gasteiger partial charge is 0.302 e. The molecular weight excluding hydrogens is 369 g/mol. The Hall–Kier alpha value is -2.73. The Balaban J connectivity index is 1.77. The van der Waals surface area contributed by atoms with E-state index >= 15 is 0 Å². The van der Waals surface area contributed by atoms with Crippen LogP contribution in [0.25, 0.3) is 10.9 Å². The maximum atomic E-state index is 13.3. The van der Waals surface area contributed by atoms with E-state index in [9.17, 15) is 14.0 Å². The molecule has 1 aliphatic rings. The molecule has 1 fully saturated rings. The van der Waals surface area contributed by atoms with Crippen LogP contribution in [0, 0.1) is 12.7 Å². The Labute approximate surface area is 169 Å². The molecule has 29 heavy (non-hydrogen) atoms. The summed E-state index contributed by atoms with van der Waals surface area (Å²) in [6, 6.07) is 11.6. The minimum absolute atomic E-state index is 0.130. The minimum atomic E-state index is -0.339. The molecule has 0 spiro atoms. The number of aromatic nitrogens is 2. The summed E-state index contributed by atoms with van der Waals surface area (Å²) in [5.41, 5.74) is 1.77. The number of halogens is 1. The van der Waals surface area contributed by atoms with E-state index in [1.807, 2.05) is 25.1 Å². The zero-order valence-corrected chi connectivity index (χ0v) is 16.7. The normalized spacial score (nSPS) is 15.1. The van der Waals surface area contributed by atoms with Crippen molar-refractivity contribution in [2.24, 2.45) is 0 Å². The highest BCUT2D eigenvalue weighted by Crippen LogP contribution is 2.13. The third-order valence-corrected chi connectivity index (χ3v) is 5.72. The van der Waals surface area contributed by atoms with Crippen molar-refractivity contribution in [1.82, 2.24) is 14.0 Å². The van der Waals surface area contributed by atoms with Gasteiger partial charge in [-0.2, -0.15) is 0 Å². The monoisotopic (exact) mass is 395 g/mol. The molecule has 152 valence electrons. The summed E-state index contributed by atoms with van der Waals surface area (Å²) < 4.78 is 16.2. The van der Waals surface area contributed by atoms with Crippen molar-refractivity contribution in [2.45, 2.75) is 39.3 Å². The van der Waals surface area contributed by atoms with Gasteiger partial charge in [0.25, 0.3) is 5.56 Å². The van der Waals surface area contributed by atoms with Gasteiger partial charge in [-0.3, -0.25) is 13.9 Å². The first-order valence-corrected chi connectivity index (χ1v) is 10.2. The topological polar surface area (TPSA) is 47.2 Å². The van der Waals surface area contributed by atoms with Gasteiger partial charge < -0.3 is 4.90 Å². The zero-order valence-electron chi connectivity index (χ0n) is 16.7. The van der Waals surface area contributed by atoms with E-state index in [1.165, 1.54) is 36.0 Å². The largest absolute Gasteiger partial charge is 0.331 e. The van der Waals surface area contributed by atoms with Crippen molar-refractivity contribution in [3.8, 4) is 0 Å². The maximum absolute atomic E-state index is 13.3. The molecule has 0 N–H and O–H groups in total. The second kappa shape index (κ2) is 8.33.